The zero-order valence-corrected chi connectivity index (χ0v) is 18.4. The number of benzene rings is 3. The van der Waals surface area contributed by atoms with Crippen LogP contribution >= 0.6 is 11.8 Å². The summed E-state index contributed by atoms with van der Waals surface area (Å²) in [5.41, 5.74) is 1.51. The highest BCUT2D eigenvalue weighted by atomic mass is 32.2. The van der Waals surface area contributed by atoms with Gasteiger partial charge in [0.2, 0.25) is 5.78 Å². The van der Waals surface area contributed by atoms with Gasteiger partial charge in [0.1, 0.15) is 18.1 Å². The molecule has 0 spiro atoms. The van der Waals surface area contributed by atoms with Crippen LogP contribution in [0.5, 0.6) is 5.75 Å². The summed E-state index contributed by atoms with van der Waals surface area (Å²) in [4.78, 5) is 30.9. The van der Waals surface area contributed by atoms with Crippen molar-refractivity contribution in [2.75, 3.05) is 13.2 Å². The smallest absolute Gasteiger partial charge is 0.331 e. The molecule has 1 N–H and O–H groups in total. The van der Waals surface area contributed by atoms with Crippen molar-refractivity contribution in [2.45, 2.75) is 23.1 Å². The van der Waals surface area contributed by atoms with Gasteiger partial charge in [0, 0.05) is 28.7 Å². The fourth-order valence-corrected chi connectivity index (χ4v) is 3.62. The summed E-state index contributed by atoms with van der Waals surface area (Å²) in [5.74, 6) is -0.178. The highest BCUT2D eigenvalue weighted by Gasteiger charge is 2.16. The molecule has 0 unspecified atom stereocenters. The molecule has 0 aliphatic carbocycles. The maximum absolute atomic E-state index is 13.0. The number of ketones is 1. The number of carbonyl (C=O) groups excluding carboxylic acids is 2. The standard InChI is InChI=1S/C25H23NO5S/c1-18(28)31-26-24(17-19-5-3-2-4-6-19)25(29)20-7-11-22(12-8-20)32-23-13-9-21(10-14-23)30-16-15-27/h2-14,27H,15-17H2,1H3/b26-24+. The number of aliphatic hydroxyl groups excluding tert-OH is 1. The van der Waals surface area contributed by atoms with Gasteiger partial charge < -0.3 is 14.7 Å². The number of ether oxygens (including phenoxy) is 1. The van der Waals surface area contributed by atoms with Crippen molar-refractivity contribution < 1.29 is 24.3 Å². The van der Waals surface area contributed by atoms with Crippen LogP contribution in [-0.2, 0) is 16.1 Å². The van der Waals surface area contributed by atoms with Crippen LogP contribution in [0, 0.1) is 0 Å². The quantitative estimate of drug-likeness (QED) is 0.211. The Bertz CT molecular complexity index is 1060. The van der Waals surface area contributed by atoms with Crippen LogP contribution in [-0.4, -0.2) is 35.8 Å². The highest BCUT2D eigenvalue weighted by molar-refractivity contribution is 7.99. The number of aliphatic hydroxyl groups is 1. The summed E-state index contributed by atoms with van der Waals surface area (Å²) in [5, 5.41) is 12.6. The second-order valence-electron chi connectivity index (χ2n) is 6.78. The molecule has 3 aromatic carbocycles. The van der Waals surface area contributed by atoms with Gasteiger partial charge in [-0.05, 0) is 54.1 Å². The van der Waals surface area contributed by atoms with Crippen LogP contribution in [0.4, 0.5) is 0 Å². The lowest BCUT2D eigenvalue weighted by Gasteiger charge is -2.08. The number of nitrogens with zero attached hydrogens (tertiary/aromatic N) is 1. The maximum atomic E-state index is 13.0. The second-order valence-corrected chi connectivity index (χ2v) is 7.93. The van der Waals surface area contributed by atoms with Gasteiger partial charge in [-0.15, -0.1) is 0 Å². The molecule has 164 valence electrons. The molecule has 0 amide bonds. The van der Waals surface area contributed by atoms with Crippen molar-refractivity contribution in [1.29, 1.82) is 0 Å². The molecule has 7 heteroatoms. The monoisotopic (exact) mass is 449 g/mol. The van der Waals surface area contributed by atoms with Gasteiger partial charge in [-0.2, -0.15) is 0 Å². The molecule has 0 aromatic heterocycles. The zero-order chi connectivity index (χ0) is 22.8. The maximum Gasteiger partial charge on any atom is 0.331 e. The lowest BCUT2D eigenvalue weighted by Crippen LogP contribution is -2.18. The average Bonchev–Trinajstić information content (AvgIpc) is 2.82. The first kappa shape index (κ1) is 23.2. The van der Waals surface area contributed by atoms with E-state index in [9.17, 15) is 9.59 Å². The molecule has 0 bridgehead atoms. The van der Waals surface area contributed by atoms with Crippen LogP contribution in [0.25, 0.3) is 0 Å². The molecule has 0 aliphatic rings. The average molecular weight is 450 g/mol. The summed E-state index contributed by atoms with van der Waals surface area (Å²) in [6, 6.07) is 24.2. The van der Waals surface area contributed by atoms with E-state index in [2.05, 4.69) is 5.16 Å². The van der Waals surface area contributed by atoms with Gasteiger partial charge >= 0.3 is 5.97 Å². The van der Waals surface area contributed by atoms with E-state index in [1.807, 2.05) is 66.7 Å². The fraction of sp³-hybridized carbons (Fsp3) is 0.160. The van der Waals surface area contributed by atoms with Gasteiger partial charge in [-0.3, -0.25) is 4.79 Å². The van der Waals surface area contributed by atoms with E-state index < -0.39 is 5.97 Å². The molecule has 0 saturated heterocycles. The van der Waals surface area contributed by atoms with Crippen molar-refractivity contribution in [2.24, 2.45) is 5.16 Å². The molecule has 3 rings (SSSR count). The van der Waals surface area contributed by atoms with Crippen LogP contribution in [0.1, 0.15) is 22.8 Å². The summed E-state index contributed by atoms with van der Waals surface area (Å²) < 4.78 is 5.36. The lowest BCUT2D eigenvalue weighted by atomic mass is 10.0. The minimum absolute atomic E-state index is 0.0276. The Morgan fingerprint density at radius 3 is 2.12 bits per heavy atom. The first-order chi connectivity index (χ1) is 15.5. The molecular weight excluding hydrogens is 426 g/mol. The Morgan fingerprint density at radius 1 is 0.906 bits per heavy atom. The van der Waals surface area contributed by atoms with Crippen LogP contribution < -0.4 is 4.74 Å². The minimum Gasteiger partial charge on any atom is -0.491 e. The zero-order valence-electron chi connectivity index (χ0n) is 17.6. The number of hydrogen-bond acceptors (Lipinski definition) is 7. The Kier molecular flexibility index (Phi) is 8.60. The van der Waals surface area contributed by atoms with Gasteiger partial charge in [0.05, 0.1) is 6.61 Å². The first-order valence-corrected chi connectivity index (χ1v) is 10.8. The third kappa shape index (κ3) is 7.08. The van der Waals surface area contributed by atoms with Crippen LogP contribution in [0.2, 0.25) is 0 Å². The third-order valence-corrected chi connectivity index (χ3v) is 5.31. The van der Waals surface area contributed by atoms with Crippen molar-refractivity contribution in [1.82, 2.24) is 0 Å². The summed E-state index contributed by atoms with van der Waals surface area (Å²) in [6.07, 6.45) is 0.258. The van der Waals surface area contributed by atoms with E-state index in [1.165, 1.54) is 6.92 Å². The van der Waals surface area contributed by atoms with Gasteiger partial charge in [-0.1, -0.05) is 47.2 Å². The molecule has 0 atom stereocenters. The fourth-order valence-electron chi connectivity index (χ4n) is 2.81. The Labute approximate surface area is 190 Å². The SMILES string of the molecule is CC(=O)O/N=C(\Cc1ccccc1)C(=O)c1ccc(Sc2ccc(OCCO)cc2)cc1. The molecule has 32 heavy (non-hydrogen) atoms. The van der Waals surface area contributed by atoms with Crippen LogP contribution in [0.3, 0.4) is 0 Å². The molecule has 6 nitrogen and oxygen atoms in total. The van der Waals surface area contributed by atoms with E-state index in [4.69, 9.17) is 14.7 Å². The largest absolute Gasteiger partial charge is 0.491 e. The Morgan fingerprint density at radius 2 is 1.53 bits per heavy atom. The highest BCUT2D eigenvalue weighted by Crippen LogP contribution is 2.29. The minimum atomic E-state index is -0.581. The normalized spacial score (nSPS) is 11.1. The van der Waals surface area contributed by atoms with Gasteiger partial charge in [0.25, 0.3) is 0 Å². The van der Waals surface area contributed by atoms with Crippen molar-refractivity contribution in [3.05, 3.63) is 90.0 Å². The van der Waals surface area contributed by atoms with Crippen molar-refractivity contribution in [3.63, 3.8) is 0 Å². The summed E-state index contributed by atoms with van der Waals surface area (Å²) in [6.45, 7) is 1.47. The first-order valence-electron chi connectivity index (χ1n) is 10.00. The van der Waals surface area contributed by atoms with E-state index in [-0.39, 0.29) is 31.1 Å². The number of carbonyl (C=O) groups is 2. The van der Waals surface area contributed by atoms with Crippen molar-refractivity contribution in [3.8, 4) is 5.75 Å². The predicted octanol–water partition coefficient (Wildman–Crippen LogP) is 4.55. The predicted molar refractivity (Wildman–Crippen MR) is 123 cm³/mol. The summed E-state index contributed by atoms with van der Waals surface area (Å²) >= 11 is 1.55. The molecule has 0 heterocycles. The van der Waals surface area contributed by atoms with E-state index in [1.54, 1.807) is 23.9 Å². The molecule has 0 fully saturated rings. The number of Topliss-reactive ketones (excluding diaryl/α,β-unsaturated/α-hetero) is 1. The van der Waals surface area contributed by atoms with Gasteiger partial charge in [-0.25, -0.2) is 4.79 Å². The Balaban J connectivity index is 1.70. The number of oxime groups is 1. The van der Waals surface area contributed by atoms with Crippen molar-refractivity contribution >= 4 is 29.2 Å². The molecular formula is C25H23NO5S. The van der Waals surface area contributed by atoms with E-state index in [0.29, 0.717) is 11.3 Å². The topological polar surface area (TPSA) is 85.2 Å². The number of hydrogen-bond donors (Lipinski definition) is 1. The number of rotatable bonds is 10. The van der Waals surface area contributed by atoms with E-state index >= 15 is 0 Å². The molecule has 0 radical (unpaired) electrons. The second kappa shape index (κ2) is 11.8. The lowest BCUT2D eigenvalue weighted by molar-refractivity contribution is -0.140. The Hall–Kier alpha value is -3.42. The third-order valence-electron chi connectivity index (χ3n) is 4.30. The van der Waals surface area contributed by atoms with E-state index in [0.717, 1.165) is 15.4 Å². The molecule has 3 aromatic rings. The molecule has 0 saturated carbocycles. The molecule has 0 aliphatic heterocycles. The van der Waals surface area contributed by atoms with Gasteiger partial charge in [0.15, 0.2) is 0 Å². The summed E-state index contributed by atoms with van der Waals surface area (Å²) in [7, 11) is 0. The van der Waals surface area contributed by atoms with Crippen LogP contribution in [0.15, 0.2) is 93.8 Å².